The SMILES string of the molecule is O=CC1NCCC1C(=O)OCCCc1ccccc1. The number of ether oxygens (including phenoxy) is 1. The summed E-state index contributed by atoms with van der Waals surface area (Å²) >= 11 is 0. The predicted molar refractivity (Wildman–Crippen MR) is 71.7 cm³/mol. The van der Waals surface area contributed by atoms with Crippen molar-refractivity contribution in [3.63, 3.8) is 0 Å². The quantitative estimate of drug-likeness (QED) is 0.477. The lowest BCUT2D eigenvalue weighted by molar-refractivity contribution is -0.149. The summed E-state index contributed by atoms with van der Waals surface area (Å²) in [4.78, 5) is 22.6. The molecule has 1 aromatic carbocycles. The average Bonchev–Trinajstić information content (AvgIpc) is 2.93. The minimum absolute atomic E-state index is 0.254. The van der Waals surface area contributed by atoms with E-state index < -0.39 is 0 Å². The molecule has 0 bridgehead atoms. The highest BCUT2D eigenvalue weighted by molar-refractivity contribution is 5.79. The third kappa shape index (κ3) is 3.89. The number of benzene rings is 1. The third-order valence-corrected chi connectivity index (χ3v) is 3.42. The normalized spacial score (nSPS) is 22.1. The Morgan fingerprint density at radius 1 is 1.37 bits per heavy atom. The Morgan fingerprint density at radius 2 is 2.16 bits per heavy atom. The van der Waals surface area contributed by atoms with E-state index >= 15 is 0 Å². The molecule has 2 rings (SSSR count). The van der Waals surface area contributed by atoms with Crippen LogP contribution in [-0.2, 0) is 20.7 Å². The smallest absolute Gasteiger partial charge is 0.311 e. The Labute approximate surface area is 113 Å². The van der Waals surface area contributed by atoms with Gasteiger partial charge in [0.15, 0.2) is 0 Å². The molecule has 1 aliphatic rings. The number of aryl methyl sites for hydroxylation is 1. The summed E-state index contributed by atoms with van der Waals surface area (Å²) in [6, 6.07) is 9.73. The number of aldehydes is 1. The van der Waals surface area contributed by atoms with Gasteiger partial charge in [-0.2, -0.15) is 0 Å². The molecule has 1 aromatic rings. The number of hydrogen-bond acceptors (Lipinski definition) is 4. The molecule has 1 fully saturated rings. The summed E-state index contributed by atoms with van der Waals surface area (Å²) in [7, 11) is 0. The molecule has 0 spiro atoms. The lowest BCUT2D eigenvalue weighted by Crippen LogP contribution is -2.33. The minimum atomic E-state index is -0.373. The Balaban J connectivity index is 1.68. The summed E-state index contributed by atoms with van der Waals surface area (Å²) in [5, 5.41) is 2.98. The van der Waals surface area contributed by atoms with Crippen LogP contribution in [0.5, 0.6) is 0 Å². The van der Waals surface area contributed by atoms with Gasteiger partial charge in [-0.15, -0.1) is 0 Å². The standard InChI is InChI=1S/C15H19NO3/c17-11-14-13(8-9-16-14)15(18)19-10-4-7-12-5-2-1-3-6-12/h1-3,5-6,11,13-14,16H,4,7-10H2. The fourth-order valence-corrected chi connectivity index (χ4v) is 2.34. The van der Waals surface area contributed by atoms with E-state index in [4.69, 9.17) is 4.74 Å². The van der Waals surface area contributed by atoms with Crippen molar-refractivity contribution in [2.24, 2.45) is 5.92 Å². The fraction of sp³-hybridized carbons (Fsp3) is 0.467. The van der Waals surface area contributed by atoms with Crippen LogP contribution in [0.25, 0.3) is 0 Å². The van der Waals surface area contributed by atoms with E-state index in [1.54, 1.807) is 0 Å². The van der Waals surface area contributed by atoms with Crippen molar-refractivity contribution < 1.29 is 14.3 Å². The second kappa shape index (κ2) is 7.04. The van der Waals surface area contributed by atoms with Crippen LogP contribution in [0, 0.1) is 5.92 Å². The lowest BCUT2D eigenvalue weighted by Gasteiger charge is -2.13. The Hall–Kier alpha value is -1.68. The van der Waals surface area contributed by atoms with Crippen LogP contribution in [0.2, 0.25) is 0 Å². The molecule has 0 aliphatic carbocycles. The number of carbonyl (C=O) groups excluding carboxylic acids is 2. The molecule has 0 amide bonds. The summed E-state index contributed by atoms with van der Waals surface area (Å²) in [5.41, 5.74) is 1.24. The van der Waals surface area contributed by atoms with Crippen LogP contribution in [0.4, 0.5) is 0 Å². The number of hydrogen-bond donors (Lipinski definition) is 1. The monoisotopic (exact) mass is 261 g/mol. The van der Waals surface area contributed by atoms with Crippen LogP contribution in [0.3, 0.4) is 0 Å². The Kier molecular flexibility index (Phi) is 5.10. The zero-order chi connectivity index (χ0) is 13.5. The highest BCUT2D eigenvalue weighted by atomic mass is 16.5. The summed E-state index contributed by atoms with van der Waals surface area (Å²) in [6.45, 7) is 1.11. The number of rotatable bonds is 6. The van der Waals surface area contributed by atoms with Crippen LogP contribution in [0.15, 0.2) is 30.3 Å². The van der Waals surface area contributed by atoms with E-state index in [0.717, 1.165) is 19.1 Å². The zero-order valence-corrected chi connectivity index (χ0v) is 10.9. The summed E-state index contributed by atoms with van der Waals surface area (Å²) in [6.07, 6.45) is 3.18. The van der Waals surface area contributed by atoms with Crippen molar-refractivity contribution in [1.29, 1.82) is 0 Å². The van der Waals surface area contributed by atoms with E-state index in [1.807, 2.05) is 18.2 Å². The summed E-state index contributed by atoms with van der Waals surface area (Å²) < 4.78 is 5.24. The van der Waals surface area contributed by atoms with Crippen molar-refractivity contribution in [1.82, 2.24) is 5.32 Å². The molecule has 4 heteroatoms. The Bertz CT molecular complexity index is 419. The molecule has 19 heavy (non-hydrogen) atoms. The molecule has 0 aromatic heterocycles. The molecule has 1 saturated heterocycles. The van der Waals surface area contributed by atoms with E-state index in [9.17, 15) is 9.59 Å². The van der Waals surface area contributed by atoms with Gasteiger partial charge < -0.3 is 14.8 Å². The minimum Gasteiger partial charge on any atom is -0.465 e. The predicted octanol–water partition coefficient (Wildman–Crippen LogP) is 1.34. The van der Waals surface area contributed by atoms with Crippen molar-refractivity contribution in [2.45, 2.75) is 25.3 Å². The first-order valence-electron chi connectivity index (χ1n) is 6.70. The topological polar surface area (TPSA) is 55.4 Å². The molecule has 0 saturated carbocycles. The first-order valence-corrected chi connectivity index (χ1v) is 6.70. The van der Waals surface area contributed by atoms with Crippen LogP contribution >= 0.6 is 0 Å². The maximum Gasteiger partial charge on any atom is 0.311 e. The molecule has 1 aliphatic heterocycles. The van der Waals surface area contributed by atoms with E-state index in [0.29, 0.717) is 19.6 Å². The van der Waals surface area contributed by atoms with E-state index in [-0.39, 0.29) is 17.9 Å². The van der Waals surface area contributed by atoms with Gasteiger partial charge >= 0.3 is 5.97 Å². The first kappa shape index (κ1) is 13.7. The zero-order valence-electron chi connectivity index (χ0n) is 10.9. The maximum atomic E-state index is 11.8. The fourth-order valence-electron chi connectivity index (χ4n) is 2.34. The van der Waals surface area contributed by atoms with Crippen LogP contribution in [-0.4, -0.2) is 31.4 Å². The molecular formula is C15H19NO3. The maximum absolute atomic E-state index is 11.8. The van der Waals surface area contributed by atoms with Crippen molar-refractivity contribution in [2.75, 3.05) is 13.2 Å². The largest absolute Gasteiger partial charge is 0.465 e. The molecule has 1 N–H and O–H groups in total. The van der Waals surface area contributed by atoms with E-state index in [1.165, 1.54) is 5.56 Å². The molecule has 4 nitrogen and oxygen atoms in total. The Morgan fingerprint density at radius 3 is 2.89 bits per heavy atom. The number of carbonyl (C=O) groups is 2. The van der Waals surface area contributed by atoms with Crippen LogP contribution < -0.4 is 5.32 Å². The number of esters is 1. The van der Waals surface area contributed by atoms with Crippen molar-refractivity contribution in [3.8, 4) is 0 Å². The van der Waals surface area contributed by atoms with Gasteiger partial charge in [0.2, 0.25) is 0 Å². The van der Waals surface area contributed by atoms with Gasteiger partial charge in [0.05, 0.1) is 18.6 Å². The molecule has 2 atom stereocenters. The highest BCUT2D eigenvalue weighted by Gasteiger charge is 2.33. The van der Waals surface area contributed by atoms with Crippen molar-refractivity contribution in [3.05, 3.63) is 35.9 Å². The first-order chi connectivity index (χ1) is 9.31. The molecule has 102 valence electrons. The highest BCUT2D eigenvalue weighted by Crippen LogP contribution is 2.16. The molecular weight excluding hydrogens is 242 g/mol. The second-order valence-corrected chi connectivity index (χ2v) is 4.77. The van der Waals surface area contributed by atoms with Gasteiger partial charge in [-0.3, -0.25) is 4.79 Å². The average molecular weight is 261 g/mol. The van der Waals surface area contributed by atoms with Gasteiger partial charge in [0.25, 0.3) is 0 Å². The van der Waals surface area contributed by atoms with Gasteiger partial charge in [-0.1, -0.05) is 30.3 Å². The second-order valence-electron chi connectivity index (χ2n) is 4.77. The molecule has 1 heterocycles. The van der Waals surface area contributed by atoms with Gasteiger partial charge in [0, 0.05) is 0 Å². The van der Waals surface area contributed by atoms with Gasteiger partial charge in [-0.05, 0) is 31.4 Å². The van der Waals surface area contributed by atoms with Gasteiger partial charge in [0.1, 0.15) is 6.29 Å². The summed E-state index contributed by atoms with van der Waals surface area (Å²) in [5.74, 6) is -0.565. The van der Waals surface area contributed by atoms with Gasteiger partial charge in [-0.25, -0.2) is 0 Å². The lowest BCUT2D eigenvalue weighted by atomic mass is 10.0. The van der Waals surface area contributed by atoms with Crippen LogP contribution in [0.1, 0.15) is 18.4 Å². The molecule has 0 radical (unpaired) electrons. The van der Waals surface area contributed by atoms with E-state index in [2.05, 4.69) is 17.4 Å². The number of nitrogens with one attached hydrogen (secondary N) is 1. The molecule has 2 unspecified atom stereocenters. The van der Waals surface area contributed by atoms with Crippen molar-refractivity contribution >= 4 is 12.3 Å². The third-order valence-electron chi connectivity index (χ3n) is 3.42.